The molecule has 0 spiro atoms. The Morgan fingerprint density at radius 1 is 0.978 bits per heavy atom. The minimum atomic E-state index is -0.543. The van der Waals surface area contributed by atoms with Gasteiger partial charge in [0.2, 0.25) is 11.8 Å². The van der Waals surface area contributed by atoms with Gasteiger partial charge in [0.15, 0.2) is 0 Å². The van der Waals surface area contributed by atoms with Crippen LogP contribution in [-0.2, 0) is 27.9 Å². The highest BCUT2D eigenvalue weighted by atomic mass is 32.1. The molecule has 0 aliphatic heterocycles. The SMILES string of the molecule is CC.COCCNCc1cnc(-c2cc3nccc(N(C)c4ccc(NC(=O)CC(=O)Nc5ccccc5)cc4F)c3s2)n1C. The predicted octanol–water partition coefficient (Wildman–Crippen LogP) is 6.33. The third kappa shape index (κ3) is 8.29. The van der Waals surface area contributed by atoms with Crippen molar-refractivity contribution in [1.82, 2.24) is 19.9 Å². The fourth-order valence-electron chi connectivity index (χ4n) is 4.59. The summed E-state index contributed by atoms with van der Waals surface area (Å²) in [6, 6.07) is 17.1. The number of carbonyl (C=O) groups is 2. The van der Waals surface area contributed by atoms with E-state index in [0.717, 1.165) is 38.8 Å². The van der Waals surface area contributed by atoms with Gasteiger partial charge in [0.25, 0.3) is 0 Å². The smallest absolute Gasteiger partial charge is 0.233 e. The fraction of sp³-hybridized carbons (Fsp3) is 0.273. The average molecular weight is 632 g/mol. The van der Waals surface area contributed by atoms with Crippen molar-refractivity contribution in [3.63, 3.8) is 0 Å². The summed E-state index contributed by atoms with van der Waals surface area (Å²) in [7, 11) is 5.43. The molecule has 0 aliphatic carbocycles. The second-order valence-corrected chi connectivity index (χ2v) is 10.9. The normalized spacial score (nSPS) is 10.7. The lowest BCUT2D eigenvalue weighted by atomic mass is 10.2. The Bertz CT molecular complexity index is 1740. The highest BCUT2D eigenvalue weighted by molar-refractivity contribution is 7.22. The second kappa shape index (κ2) is 15.9. The lowest BCUT2D eigenvalue weighted by Gasteiger charge is -2.21. The van der Waals surface area contributed by atoms with Crippen LogP contribution in [0.25, 0.3) is 20.9 Å². The number of imidazole rings is 1. The topological polar surface area (TPSA) is 113 Å². The Labute approximate surface area is 266 Å². The van der Waals surface area contributed by atoms with Gasteiger partial charge >= 0.3 is 0 Å². The van der Waals surface area contributed by atoms with Crippen LogP contribution in [0.15, 0.2) is 73.1 Å². The highest BCUT2D eigenvalue weighted by Gasteiger charge is 2.19. The zero-order valence-corrected chi connectivity index (χ0v) is 26.9. The summed E-state index contributed by atoms with van der Waals surface area (Å²) >= 11 is 1.54. The van der Waals surface area contributed by atoms with Crippen LogP contribution in [-0.4, -0.2) is 53.7 Å². The van der Waals surface area contributed by atoms with E-state index < -0.39 is 24.1 Å². The Kier molecular flexibility index (Phi) is 11.7. The largest absolute Gasteiger partial charge is 0.383 e. The van der Waals surface area contributed by atoms with E-state index in [-0.39, 0.29) is 5.69 Å². The van der Waals surface area contributed by atoms with Crippen molar-refractivity contribution in [3.8, 4) is 10.7 Å². The van der Waals surface area contributed by atoms with Crippen LogP contribution >= 0.6 is 11.3 Å². The number of hydrogen-bond acceptors (Lipinski definition) is 8. The molecule has 0 fully saturated rings. The van der Waals surface area contributed by atoms with Crippen LogP contribution in [0.4, 0.5) is 27.1 Å². The summed E-state index contributed by atoms with van der Waals surface area (Å²) in [6.07, 6.45) is 3.16. The van der Waals surface area contributed by atoms with E-state index in [1.165, 1.54) is 17.4 Å². The van der Waals surface area contributed by atoms with Crippen LogP contribution in [0, 0.1) is 5.82 Å². The molecule has 2 amide bonds. The van der Waals surface area contributed by atoms with Gasteiger partial charge in [-0.05, 0) is 42.5 Å². The Morgan fingerprint density at radius 2 is 1.71 bits per heavy atom. The second-order valence-electron chi connectivity index (χ2n) is 9.82. The number of hydrogen-bond donors (Lipinski definition) is 3. The molecule has 5 aromatic rings. The predicted molar refractivity (Wildman–Crippen MR) is 180 cm³/mol. The zero-order valence-electron chi connectivity index (χ0n) is 26.1. The standard InChI is InChI=1S/C31H32FN7O3S.C2H6/c1-38-22(18-33-13-14-42-3)19-35-31(38)27-16-24-30(43-27)26(11-12-34-24)39(2)25-10-9-21(15-23(25)32)37-29(41)17-28(40)36-20-7-5-4-6-8-20;1-2/h4-12,15-16,19,33H,13-14,17-18H2,1-3H3,(H,36,40)(H,37,41);1-2H3. The molecule has 10 nitrogen and oxygen atoms in total. The number of rotatable bonds is 12. The first-order valence-corrected chi connectivity index (χ1v) is 15.4. The molecule has 3 heterocycles. The van der Waals surface area contributed by atoms with Crippen LogP contribution in [0.5, 0.6) is 0 Å². The molecule has 12 heteroatoms. The Morgan fingerprint density at radius 3 is 2.42 bits per heavy atom. The molecule has 3 aromatic heterocycles. The molecular formula is C33H38FN7O3S. The minimum Gasteiger partial charge on any atom is -0.383 e. The molecule has 3 N–H and O–H groups in total. The number of nitrogens with zero attached hydrogens (tertiary/aromatic N) is 4. The number of aromatic nitrogens is 3. The summed E-state index contributed by atoms with van der Waals surface area (Å²) in [6.45, 7) is 6.05. The van der Waals surface area contributed by atoms with Crippen LogP contribution < -0.4 is 20.9 Å². The molecule has 0 saturated heterocycles. The number of carbonyl (C=O) groups excluding carboxylic acids is 2. The van der Waals surface area contributed by atoms with E-state index in [2.05, 4.69) is 25.9 Å². The molecule has 2 aromatic carbocycles. The summed E-state index contributed by atoms with van der Waals surface area (Å²) in [5.74, 6) is -0.702. The highest BCUT2D eigenvalue weighted by Crippen LogP contribution is 2.40. The molecule has 0 bridgehead atoms. The quantitative estimate of drug-likeness (QED) is 0.109. The summed E-state index contributed by atoms with van der Waals surface area (Å²) < 4.78 is 23.4. The number of thiophene rings is 1. The number of amides is 2. The van der Waals surface area contributed by atoms with E-state index in [9.17, 15) is 9.59 Å². The van der Waals surface area contributed by atoms with Gasteiger partial charge in [-0.25, -0.2) is 9.37 Å². The van der Waals surface area contributed by atoms with Crippen LogP contribution in [0.3, 0.4) is 0 Å². The summed E-state index contributed by atoms with van der Waals surface area (Å²) in [5.41, 5.74) is 3.78. The van der Waals surface area contributed by atoms with Gasteiger partial charge in [0.1, 0.15) is 18.1 Å². The van der Waals surface area contributed by atoms with Crippen LogP contribution in [0.1, 0.15) is 26.0 Å². The first-order valence-electron chi connectivity index (χ1n) is 14.6. The lowest BCUT2D eigenvalue weighted by Crippen LogP contribution is -2.21. The van der Waals surface area contributed by atoms with Gasteiger partial charge in [-0.1, -0.05) is 32.0 Å². The summed E-state index contributed by atoms with van der Waals surface area (Å²) in [5, 5.41) is 8.59. The average Bonchev–Trinajstić information content (AvgIpc) is 3.63. The number of fused-ring (bicyclic) bond motifs is 1. The molecule has 0 saturated carbocycles. The third-order valence-corrected chi connectivity index (χ3v) is 7.96. The van der Waals surface area contributed by atoms with Crippen molar-refractivity contribution in [2.45, 2.75) is 26.8 Å². The number of benzene rings is 2. The van der Waals surface area contributed by atoms with Gasteiger partial charge in [-0.15, -0.1) is 11.3 Å². The summed E-state index contributed by atoms with van der Waals surface area (Å²) in [4.78, 5) is 36.5. The van der Waals surface area contributed by atoms with Gasteiger partial charge in [-0.3, -0.25) is 14.6 Å². The molecule has 236 valence electrons. The van der Waals surface area contributed by atoms with Crippen LogP contribution in [0.2, 0.25) is 0 Å². The van der Waals surface area contributed by atoms with E-state index in [4.69, 9.17) is 4.74 Å². The van der Waals surface area contributed by atoms with E-state index in [1.54, 1.807) is 61.7 Å². The minimum absolute atomic E-state index is 0.257. The van der Waals surface area contributed by atoms with E-state index >= 15 is 4.39 Å². The van der Waals surface area contributed by atoms with E-state index in [0.29, 0.717) is 24.5 Å². The number of nitrogens with one attached hydrogen (secondary N) is 3. The van der Waals surface area contributed by atoms with Crippen molar-refractivity contribution < 1.29 is 18.7 Å². The first-order chi connectivity index (χ1) is 21.8. The number of pyridine rings is 1. The maximum absolute atomic E-state index is 15.4. The lowest BCUT2D eigenvalue weighted by molar-refractivity contribution is -0.123. The zero-order chi connectivity index (χ0) is 32.3. The molecule has 0 aliphatic rings. The molecule has 0 atom stereocenters. The Hall–Kier alpha value is -4.65. The first kappa shape index (κ1) is 33.2. The number of para-hydroxylation sites is 1. The van der Waals surface area contributed by atoms with Crippen molar-refractivity contribution in [2.75, 3.05) is 42.8 Å². The fourth-order valence-corrected chi connectivity index (χ4v) is 5.79. The molecule has 0 unspecified atom stereocenters. The third-order valence-electron chi connectivity index (χ3n) is 6.82. The van der Waals surface area contributed by atoms with E-state index in [1.807, 2.05) is 49.9 Å². The van der Waals surface area contributed by atoms with Crippen molar-refractivity contribution in [2.24, 2.45) is 7.05 Å². The molecular weight excluding hydrogens is 593 g/mol. The van der Waals surface area contributed by atoms with Gasteiger partial charge in [-0.2, -0.15) is 0 Å². The maximum Gasteiger partial charge on any atom is 0.233 e. The molecule has 45 heavy (non-hydrogen) atoms. The maximum atomic E-state index is 15.4. The number of anilines is 4. The van der Waals surface area contributed by atoms with Gasteiger partial charge in [0.05, 0.1) is 45.0 Å². The van der Waals surface area contributed by atoms with Crippen molar-refractivity contribution in [1.29, 1.82) is 0 Å². The van der Waals surface area contributed by atoms with Crippen molar-refractivity contribution in [3.05, 3.63) is 84.6 Å². The number of ether oxygens (including phenoxy) is 1. The number of methoxy groups -OCH3 is 1. The molecule has 0 radical (unpaired) electrons. The number of halogens is 1. The Balaban J connectivity index is 0.00000226. The van der Waals surface area contributed by atoms with Gasteiger partial charge in [0, 0.05) is 51.9 Å². The van der Waals surface area contributed by atoms with Gasteiger partial charge < -0.3 is 30.2 Å². The monoisotopic (exact) mass is 631 g/mol. The van der Waals surface area contributed by atoms with Crippen molar-refractivity contribution >= 4 is 56.1 Å². The molecule has 5 rings (SSSR count).